The summed E-state index contributed by atoms with van der Waals surface area (Å²) in [6, 6.07) is 1.86. The van der Waals surface area contributed by atoms with Gasteiger partial charge in [0.05, 0.1) is 5.52 Å². The molecule has 0 unspecified atom stereocenters. The van der Waals surface area contributed by atoms with Gasteiger partial charge in [0.1, 0.15) is 5.52 Å². The van der Waals surface area contributed by atoms with E-state index in [-0.39, 0.29) is 5.28 Å². The molecule has 0 fully saturated rings. The largest absolute Gasteiger partial charge is 0.365 e. The van der Waals surface area contributed by atoms with Gasteiger partial charge in [0, 0.05) is 12.7 Å². The SMILES string of the molecule is C/C=C/CNc1nc(Cl)nc2cc[nH]c12. The highest BCUT2D eigenvalue weighted by Gasteiger charge is 2.05. The zero-order valence-electron chi connectivity index (χ0n) is 8.29. The number of rotatable bonds is 3. The van der Waals surface area contributed by atoms with Crippen LogP contribution in [0.5, 0.6) is 0 Å². The standard InChI is InChI=1S/C10H11ClN4/c1-2-3-5-13-9-8-7(4-6-12-8)14-10(11)15-9/h2-4,6,12H,5H2,1H3,(H,13,14,15)/b3-2+. The molecule has 2 N–H and O–H groups in total. The van der Waals surface area contributed by atoms with Crippen LogP contribution in [0, 0.1) is 0 Å². The van der Waals surface area contributed by atoms with E-state index in [1.165, 1.54) is 0 Å². The molecule has 0 saturated heterocycles. The summed E-state index contributed by atoms with van der Waals surface area (Å²) in [5.41, 5.74) is 1.70. The number of anilines is 1. The Morgan fingerprint density at radius 2 is 2.40 bits per heavy atom. The monoisotopic (exact) mass is 222 g/mol. The lowest BCUT2D eigenvalue weighted by atomic mass is 10.4. The number of aromatic amines is 1. The Hall–Kier alpha value is -1.55. The van der Waals surface area contributed by atoms with Gasteiger partial charge in [-0.3, -0.25) is 0 Å². The highest BCUT2D eigenvalue weighted by molar-refractivity contribution is 6.28. The van der Waals surface area contributed by atoms with Gasteiger partial charge in [-0.2, -0.15) is 4.98 Å². The third-order valence-corrected chi connectivity index (χ3v) is 2.17. The fraction of sp³-hybridized carbons (Fsp3) is 0.200. The summed E-state index contributed by atoms with van der Waals surface area (Å²) in [6.45, 7) is 2.69. The molecule has 5 heteroatoms. The second-order valence-electron chi connectivity index (χ2n) is 3.03. The van der Waals surface area contributed by atoms with Crippen molar-refractivity contribution in [2.45, 2.75) is 6.92 Å². The van der Waals surface area contributed by atoms with Gasteiger partial charge in [-0.05, 0) is 24.6 Å². The van der Waals surface area contributed by atoms with E-state index in [1.807, 2.05) is 31.3 Å². The van der Waals surface area contributed by atoms with E-state index in [0.717, 1.165) is 23.4 Å². The lowest BCUT2D eigenvalue weighted by molar-refractivity contribution is 1.17. The molecule has 2 aromatic heterocycles. The van der Waals surface area contributed by atoms with Crippen LogP contribution in [0.2, 0.25) is 5.28 Å². The molecule has 0 saturated carbocycles. The average Bonchev–Trinajstić information content (AvgIpc) is 2.65. The maximum Gasteiger partial charge on any atom is 0.225 e. The van der Waals surface area contributed by atoms with Gasteiger partial charge in [0.2, 0.25) is 5.28 Å². The molecule has 0 bridgehead atoms. The van der Waals surface area contributed by atoms with Crippen molar-refractivity contribution in [3.63, 3.8) is 0 Å². The predicted molar refractivity (Wildman–Crippen MR) is 62.2 cm³/mol. The summed E-state index contributed by atoms with van der Waals surface area (Å²) in [4.78, 5) is 11.3. The lowest BCUT2D eigenvalue weighted by Gasteiger charge is -2.03. The number of nitrogens with one attached hydrogen (secondary N) is 2. The number of halogens is 1. The fourth-order valence-corrected chi connectivity index (χ4v) is 1.49. The van der Waals surface area contributed by atoms with E-state index in [4.69, 9.17) is 11.6 Å². The molecule has 2 aromatic rings. The fourth-order valence-electron chi connectivity index (χ4n) is 1.32. The van der Waals surface area contributed by atoms with Crippen molar-refractivity contribution in [3.05, 3.63) is 29.7 Å². The summed E-state index contributed by atoms with van der Waals surface area (Å²) in [6.07, 6.45) is 5.79. The van der Waals surface area contributed by atoms with E-state index >= 15 is 0 Å². The van der Waals surface area contributed by atoms with Crippen LogP contribution in [-0.2, 0) is 0 Å². The predicted octanol–water partition coefficient (Wildman–Crippen LogP) is 2.60. The summed E-state index contributed by atoms with van der Waals surface area (Å²) in [5, 5.41) is 3.42. The Morgan fingerprint density at radius 1 is 1.53 bits per heavy atom. The van der Waals surface area contributed by atoms with E-state index in [2.05, 4.69) is 20.3 Å². The summed E-state index contributed by atoms with van der Waals surface area (Å²) in [5.74, 6) is 0.730. The molecule has 2 heterocycles. The quantitative estimate of drug-likeness (QED) is 0.620. The topological polar surface area (TPSA) is 53.6 Å². The molecule has 0 aliphatic carbocycles. The van der Waals surface area contributed by atoms with Crippen molar-refractivity contribution in [1.29, 1.82) is 0 Å². The third kappa shape index (κ3) is 2.10. The summed E-state index contributed by atoms with van der Waals surface area (Å²) < 4.78 is 0. The van der Waals surface area contributed by atoms with Gasteiger partial charge < -0.3 is 10.3 Å². The van der Waals surface area contributed by atoms with Crippen molar-refractivity contribution in [3.8, 4) is 0 Å². The average molecular weight is 223 g/mol. The third-order valence-electron chi connectivity index (χ3n) is 2.00. The van der Waals surface area contributed by atoms with Crippen LogP contribution in [0.1, 0.15) is 6.92 Å². The first-order chi connectivity index (χ1) is 7.31. The number of hydrogen-bond acceptors (Lipinski definition) is 3. The number of hydrogen-bond donors (Lipinski definition) is 2. The van der Waals surface area contributed by atoms with Crippen molar-refractivity contribution < 1.29 is 0 Å². The van der Waals surface area contributed by atoms with Gasteiger partial charge >= 0.3 is 0 Å². The summed E-state index contributed by atoms with van der Waals surface area (Å²) in [7, 11) is 0. The van der Waals surface area contributed by atoms with E-state index in [1.54, 1.807) is 0 Å². The number of H-pyrrole nitrogens is 1. The van der Waals surface area contributed by atoms with Crippen molar-refractivity contribution in [2.24, 2.45) is 0 Å². The minimum atomic E-state index is 0.255. The number of fused-ring (bicyclic) bond motifs is 1. The Morgan fingerprint density at radius 3 is 3.20 bits per heavy atom. The molecule has 78 valence electrons. The Kier molecular flexibility index (Phi) is 2.87. The molecule has 0 aliphatic rings. The van der Waals surface area contributed by atoms with Crippen molar-refractivity contribution in [1.82, 2.24) is 15.0 Å². The van der Waals surface area contributed by atoms with Crippen LogP contribution in [0.4, 0.5) is 5.82 Å². The van der Waals surface area contributed by atoms with Gasteiger partial charge in [-0.15, -0.1) is 0 Å². The van der Waals surface area contributed by atoms with Gasteiger partial charge in [0.15, 0.2) is 5.82 Å². The van der Waals surface area contributed by atoms with Crippen molar-refractivity contribution >= 4 is 28.5 Å². The minimum Gasteiger partial charge on any atom is -0.365 e. The lowest BCUT2D eigenvalue weighted by Crippen LogP contribution is -2.02. The molecule has 0 radical (unpaired) electrons. The highest BCUT2D eigenvalue weighted by atomic mass is 35.5. The molecule has 0 amide bonds. The van der Waals surface area contributed by atoms with Gasteiger partial charge in [-0.25, -0.2) is 4.98 Å². The minimum absolute atomic E-state index is 0.255. The number of nitrogens with zero attached hydrogens (tertiary/aromatic N) is 2. The second-order valence-corrected chi connectivity index (χ2v) is 3.37. The smallest absolute Gasteiger partial charge is 0.225 e. The first-order valence-corrected chi connectivity index (χ1v) is 5.04. The Bertz CT molecular complexity index is 489. The molecule has 0 aliphatic heterocycles. The molecule has 4 nitrogen and oxygen atoms in total. The number of aromatic nitrogens is 3. The van der Waals surface area contributed by atoms with E-state index in [0.29, 0.717) is 0 Å². The van der Waals surface area contributed by atoms with Crippen molar-refractivity contribution in [2.75, 3.05) is 11.9 Å². The van der Waals surface area contributed by atoms with Crippen LogP contribution >= 0.6 is 11.6 Å². The van der Waals surface area contributed by atoms with Crippen LogP contribution in [0.15, 0.2) is 24.4 Å². The first-order valence-electron chi connectivity index (χ1n) is 4.67. The molecule has 0 spiro atoms. The Labute approximate surface area is 92.4 Å². The molecular formula is C10H11ClN4. The normalized spacial score (nSPS) is 11.3. The highest BCUT2D eigenvalue weighted by Crippen LogP contribution is 2.19. The summed E-state index contributed by atoms with van der Waals surface area (Å²) >= 11 is 5.80. The molecular weight excluding hydrogens is 212 g/mol. The maximum atomic E-state index is 5.80. The van der Waals surface area contributed by atoms with Crippen LogP contribution in [0.25, 0.3) is 11.0 Å². The maximum absolute atomic E-state index is 5.80. The Balaban J connectivity index is 2.35. The second kappa shape index (κ2) is 4.31. The zero-order valence-corrected chi connectivity index (χ0v) is 9.04. The van der Waals surface area contributed by atoms with Gasteiger partial charge in [-0.1, -0.05) is 12.2 Å². The van der Waals surface area contributed by atoms with Gasteiger partial charge in [0.25, 0.3) is 0 Å². The first kappa shape index (κ1) is 9.98. The molecule has 2 rings (SSSR count). The molecule has 0 aromatic carbocycles. The van der Waals surface area contributed by atoms with E-state index in [9.17, 15) is 0 Å². The molecule has 0 atom stereocenters. The van der Waals surface area contributed by atoms with Crippen LogP contribution < -0.4 is 5.32 Å². The van der Waals surface area contributed by atoms with Crippen LogP contribution in [-0.4, -0.2) is 21.5 Å². The van der Waals surface area contributed by atoms with Crippen LogP contribution in [0.3, 0.4) is 0 Å². The molecule has 15 heavy (non-hydrogen) atoms. The van der Waals surface area contributed by atoms with E-state index < -0.39 is 0 Å². The number of allylic oxidation sites excluding steroid dienone is 1. The zero-order chi connectivity index (χ0) is 10.7.